The van der Waals surface area contributed by atoms with Crippen molar-refractivity contribution in [2.75, 3.05) is 31.2 Å². The quantitative estimate of drug-likeness (QED) is 0.834. The number of morpholine rings is 1. The van der Waals surface area contributed by atoms with E-state index >= 15 is 0 Å². The molecule has 1 N–H and O–H groups in total. The summed E-state index contributed by atoms with van der Waals surface area (Å²) in [6.45, 7) is 4.33. The van der Waals surface area contributed by atoms with E-state index < -0.39 is 0 Å². The number of hydrogen-bond acceptors (Lipinski definition) is 5. The number of nitrogens with one attached hydrogen (secondary N) is 1. The summed E-state index contributed by atoms with van der Waals surface area (Å²) < 4.78 is 6.11. The lowest BCUT2D eigenvalue weighted by Gasteiger charge is -2.35. The highest BCUT2D eigenvalue weighted by Gasteiger charge is 2.30. The van der Waals surface area contributed by atoms with Crippen LogP contribution in [-0.2, 0) is 9.53 Å². The lowest BCUT2D eigenvalue weighted by Crippen LogP contribution is -2.54. The van der Waals surface area contributed by atoms with Crippen LogP contribution in [-0.4, -0.2) is 48.2 Å². The molecule has 1 atom stereocenters. The fourth-order valence-electron chi connectivity index (χ4n) is 1.94. The van der Waals surface area contributed by atoms with Crippen molar-refractivity contribution in [1.82, 2.24) is 15.3 Å². The molecule has 1 amide bonds. The summed E-state index contributed by atoms with van der Waals surface area (Å²) in [6, 6.07) is 1.48. The van der Waals surface area contributed by atoms with E-state index in [1.54, 1.807) is 0 Å². The van der Waals surface area contributed by atoms with Crippen LogP contribution in [0, 0.1) is 0 Å². The van der Waals surface area contributed by atoms with Crippen molar-refractivity contribution in [3.63, 3.8) is 0 Å². The van der Waals surface area contributed by atoms with Crippen molar-refractivity contribution in [1.29, 1.82) is 0 Å². The molecule has 2 rings (SSSR count). The molecule has 0 aromatic carbocycles. The Hall–Kier alpha value is -1.21. The van der Waals surface area contributed by atoms with Crippen molar-refractivity contribution >= 4 is 27.7 Å². The Morgan fingerprint density at radius 2 is 2.47 bits per heavy atom. The second-order valence-electron chi connectivity index (χ2n) is 4.27. The third-order valence-electron chi connectivity index (χ3n) is 2.89. The third kappa shape index (κ3) is 3.63. The molecule has 19 heavy (non-hydrogen) atoms. The van der Waals surface area contributed by atoms with E-state index in [1.807, 2.05) is 17.9 Å². The number of amides is 1. The molecule has 1 aliphatic rings. The van der Waals surface area contributed by atoms with Gasteiger partial charge in [0.15, 0.2) is 0 Å². The van der Waals surface area contributed by atoms with E-state index in [0.29, 0.717) is 30.9 Å². The van der Waals surface area contributed by atoms with Gasteiger partial charge in [0.25, 0.3) is 0 Å². The van der Waals surface area contributed by atoms with Gasteiger partial charge in [0.2, 0.25) is 5.91 Å². The Bertz CT molecular complexity index is 443. The van der Waals surface area contributed by atoms with E-state index in [2.05, 4.69) is 31.2 Å². The Balaban J connectivity index is 2.13. The second kappa shape index (κ2) is 6.81. The monoisotopic (exact) mass is 328 g/mol. The number of rotatable bonds is 4. The van der Waals surface area contributed by atoms with Crippen LogP contribution in [0.2, 0.25) is 0 Å². The first-order valence-electron chi connectivity index (χ1n) is 6.32. The average Bonchev–Trinajstić information content (AvgIpc) is 2.45. The van der Waals surface area contributed by atoms with Crippen LogP contribution in [0.1, 0.15) is 13.3 Å². The maximum Gasteiger partial charge on any atom is 0.245 e. The first-order chi connectivity index (χ1) is 9.22. The topological polar surface area (TPSA) is 67.3 Å². The molecule has 1 saturated heterocycles. The van der Waals surface area contributed by atoms with Crippen LogP contribution >= 0.6 is 15.9 Å². The van der Waals surface area contributed by atoms with Gasteiger partial charge in [-0.15, -0.1) is 0 Å². The number of halogens is 1. The molecule has 0 saturated carbocycles. The van der Waals surface area contributed by atoms with Gasteiger partial charge in [-0.1, -0.05) is 6.92 Å². The number of hydrogen-bond donors (Lipinski definition) is 1. The summed E-state index contributed by atoms with van der Waals surface area (Å²) in [5, 5.41) is 2.90. The minimum atomic E-state index is -0.331. The lowest BCUT2D eigenvalue weighted by atomic mass is 10.2. The van der Waals surface area contributed by atoms with Crippen LogP contribution in [0.15, 0.2) is 17.0 Å². The molecule has 1 aromatic heterocycles. The Morgan fingerprint density at radius 3 is 3.21 bits per heavy atom. The number of aromatic nitrogens is 2. The van der Waals surface area contributed by atoms with Crippen LogP contribution < -0.4 is 10.2 Å². The molecule has 1 unspecified atom stereocenters. The number of carbonyl (C=O) groups excluding carboxylic acids is 1. The molecule has 104 valence electrons. The minimum absolute atomic E-state index is 0.0173. The van der Waals surface area contributed by atoms with Crippen molar-refractivity contribution < 1.29 is 9.53 Å². The molecular weight excluding hydrogens is 312 g/mol. The second-order valence-corrected chi connectivity index (χ2v) is 5.09. The highest BCUT2D eigenvalue weighted by atomic mass is 79.9. The zero-order valence-electron chi connectivity index (χ0n) is 10.8. The SMILES string of the molecule is CCCNC(=O)C1COCCN1c1cc(Br)ncn1. The summed E-state index contributed by atoms with van der Waals surface area (Å²) in [7, 11) is 0. The van der Waals surface area contributed by atoms with Gasteiger partial charge in [-0.3, -0.25) is 4.79 Å². The van der Waals surface area contributed by atoms with Gasteiger partial charge < -0.3 is 15.0 Å². The van der Waals surface area contributed by atoms with Crippen molar-refractivity contribution in [3.8, 4) is 0 Å². The molecule has 0 radical (unpaired) electrons. The maximum absolute atomic E-state index is 12.1. The number of anilines is 1. The van der Waals surface area contributed by atoms with Crippen LogP contribution in [0.5, 0.6) is 0 Å². The molecule has 1 fully saturated rings. The van der Waals surface area contributed by atoms with Crippen LogP contribution in [0.25, 0.3) is 0 Å². The van der Waals surface area contributed by atoms with Gasteiger partial charge in [-0.05, 0) is 22.4 Å². The molecular formula is C12H17BrN4O2. The van der Waals surface area contributed by atoms with E-state index in [1.165, 1.54) is 6.33 Å². The smallest absolute Gasteiger partial charge is 0.245 e. The van der Waals surface area contributed by atoms with E-state index in [4.69, 9.17) is 4.74 Å². The largest absolute Gasteiger partial charge is 0.377 e. The normalized spacial score (nSPS) is 19.3. The molecule has 7 heteroatoms. The fourth-order valence-corrected chi connectivity index (χ4v) is 2.24. The molecule has 0 spiro atoms. The Morgan fingerprint density at radius 1 is 1.63 bits per heavy atom. The van der Waals surface area contributed by atoms with Gasteiger partial charge in [-0.2, -0.15) is 0 Å². The number of nitrogens with zero attached hydrogens (tertiary/aromatic N) is 3. The first kappa shape index (κ1) is 14.2. The van der Waals surface area contributed by atoms with E-state index in [-0.39, 0.29) is 11.9 Å². The van der Waals surface area contributed by atoms with Crippen molar-refractivity contribution in [3.05, 3.63) is 17.0 Å². The van der Waals surface area contributed by atoms with Crippen molar-refractivity contribution in [2.24, 2.45) is 0 Å². The van der Waals surface area contributed by atoms with E-state index in [9.17, 15) is 4.79 Å². The third-order valence-corrected chi connectivity index (χ3v) is 3.33. The van der Waals surface area contributed by atoms with Gasteiger partial charge in [0, 0.05) is 19.2 Å². The lowest BCUT2D eigenvalue weighted by molar-refractivity contribution is -0.124. The predicted molar refractivity (Wildman–Crippen MR) is 75.0 cm³/mol. The Kier molecular flexibility index (Phi) is 5.09. The first-order valence-corrected chi connectivity index (χ1v) is 7.11. The molecule has 0 aliphatic carbocycles. The molecule has 1 aromatic rings. The molecule has 6 nitrogen and oxygen atoms in total. The van der Waals surface area contributed by atoms with Gasteiger partial charge in [0.1, 0.15) is 22.8 Å². The fraction of sp³-hybridized carbons (Fsp3) is 0.583. The van der Waals surface area contributed by atoms with Gasteiger partial charge in [0.05, 0.1) is 13.2 Å². The number of ether oxygens (including phenoxy) is 1. The summed E-state index contributed by atoms with van der Waals surface area (Å²) in [6.07, 6.45) is 2.40. The summed E-state index contributed by atoms with van der Waals surface area (Å²) >= 11 is 3.32. The molecule has 0 bridgehead atoms. The molecule has 1 aliphatic heterocycles. The van der Waals surface area contributed by atoms with Crippen LogP contribution in [0.3, 0.4) is 0 Å². The van der Waals surface area contributed by atoms with Gasteiger partial charge in [-0.25, -0.2) is 9.97 Å². The maximum atomic E-state index is 12.1. The number of carbonyl (C=O) groups is 1. The van der Waals surface area contributed by atoms with Gasteiger partial charge >= 0.3 is 0 Å². The molecule has 2 heterocycles. The van der Waals surface area contributed by atoms with Crippen LogP contribution in [0.4, 0.5) is 5.82 Å². The summed E-state index contributed by atoms with van der Waals surface area (Å²) in [5.41, 5.74) is 0. The highest BCUT2D eigenvalue weighted by Crippen LogP contribution is 2.19. The Labute approximate surface area is 120 Å². The average molecular weight is 329 g/mol. The van der Waals surface area contributed by atoms with E-state index in [0.717, 1.165) is 12.2 Å². The summed E-state index contributed by atoms with van der Waals surface area (Å²) in [4.78, 5) is 22.3. The standard InChI is InChI=1S/C12H17BrN4O2/c1-2-3-14-12(18)9-7-19-5-4-17(9)11-6-10(13)15-8-16-11/h6,8-9H,2-5,7H2,1H3,(H,14,18). The zero-order chi connectivity index (χ0) is 13.7. The predicted octanol–water partition coefficient (Wildman–Crippen LogP) is 0.970. The summed E-state index contributed by atoms with van der Waals surface area (Å²) in [5.74, 6) is 0.720. The van der Waals surface area contributed by atoms with Crippen molar-refractivity contribution in [2.45, 2.75) is 19.4 Å². The zero-order valence-corrected chi connectivity index (χ0v) is 12.4. The minimum Gasteiger partial charge on any atom is -0.377 e. The highest BCUT2D eigenvalue weighted by molar-refractivity contribution is 9.10.